The van der Waals surface area contributed by atoms with Crippen molar-refractivity contribution < 1.29 is 19.5 Å². The van der Waals surface area contributed by atoms with Crippen LogP contribution in [0.4, 0.5) is 0 Å². The van der Waals surface area contributed by atoms with E-state index in [1.54, 1.807) is 25.1 Å². The highest BCUT2D eigenvalue weighted by Gasteiger charge is 2.29. The number of carbonyl (C=O) groups is 2. The normalized spacial score (nSPS) is 13.5. The molecule has 7 heteroatoms. The van der Waals surface area contributed by atoms with Crippen LogP contribution in [0, 0.1) is 5.92 Å². The minimum absolute atomic E-state index is 0.355. The van der Waals surface area contributed by atoms with Crippen LogP contribution in [0.5, 0.6) is 0 Å². The Balaban J connectivity index is 2.78. The minimum atomic E-state index is -1.09. The number of aliphatic hydroxyl groups is 1. The molecule has 0 aliphatic rings. The Morgan fingerprint density at radius 3 is 2.74 bits per heavy atom. The number of amides is 1. The van der Waals surface area contributed by atoms with Crippen molar-refractivity contribution in [3.05, 3.63) is 28.5 Å². The van der Waals surface area contributed by atoms with Crippen molar-refractivity contribution in [1.82, 2.24) is 10.5 Å². The molecule has 6 nitrogen and oxygen atoms in total. The van der Waals surface area contributed by atoms with E-state index >= 15 is 0 Å². The molecule has 2 N–H and O–H groups in total. The van der Waals surface area contributed by atoms with Crippen LogP contribution in [0.2, 0.25) is 0 Å². The lowest BCUT2D eigenvalue weighted by Gasteiger charge is -2.19. The zero-order valence-electron chi connectivity index (χ0n) is 10.6. The zero-order chi connectivity index (χ0) is 14.4. The molecule has 0 aromatic carbocycles. The summed E-state index contributed by atoms with van der Waals surface area (Å²) in [6.45, 7) is 2.96. The second kappa shape index (κ2) is 7.20. The van der Waals surface area contributed by atoms with E-state index in [0.29, 0.717) is 16.7 Å². The van der Waals surface area contributed by atoms with Crippen LogP contribution < -0.4 is 5.48 Å². The predicted molar refractivity (Wildman–Crippen MR) is 70.6 cm³/mol. The Kier molecular flexibility index (Phi) is 5.91. The van der Waals surface area contributed by atoms with E-state index in [9.17, 15) is 14.7 Å². The number of rotatable bonds is 4. The lowest BCUT2D eigenvalue weighted by molar-refractivity contribution is -0.165. The molecule has 0 bridgehead atoms. The molecule has 0 radical (unpaired) electrons. The molecular weight excluding hydrogens is 316 g/mol. The van der Waals surface area contributed by atoms with E-state index in [4.69, 9.17) is 0 Å². The highest BCUT2D eigenvalue weighted by atomic mass is 79.9. The number of hydrogen-bond acceptors (Lipinski definition) is 5. The van der Waals surface area contributed by atoms with Crippen LogP contribution >= 0.6 is 15.9 Å². The third kappa shape index (κ3) is 4.60. The van der Waals surface area contributed by atoms with Crippen molar-refractivity contribution in [2.24, 2.45) is 5.92 Å². The fraction of sp³-hybridized carbons (Fsp3) is 0.417. The summed E-state index contributed by atoms with van der Waals surface area (Å²) in [7, 11) is 0. The molecule has 1 heterocycles. The van der Waals surface area contributed by atoms with Gasteiger partial charge < -0.3 is 9.94 Å². The van der Waals surface area contributed by atoms with Gasteiger partial charge in [-0.3, -0.25) is 4.79 Å². The van der Waals surface area contributed by atoms with E-state index < -0.39 is 23.9 Å². The number of nitrogens with zero attached hydrogens (tertiary/aromatic N) is 1. The molecule has 2 unspecified atom stereocenters. The second-order valence-corrected chi connectivity index (χ2v) is 4.74. The first-order valence-electron chi connectivity index (χ1n) is 5.73. The van der Waals surface area contributed by atoms with Gasteiger partial charge in [0.25, 0.3) is 0 Å². The van der Waals surface area contributed by atoms with Crippen LogP contribution in [0.15, 0.2) is 22.8 Å². The van der Waals surface area contributed by atoms with Crippen molar-refractivity contribution in [3.63, 3.8) is 0 Å². The maximum absolute atomic E-state index is 11.7. The molecule has 19 heavy (non-hydrogen) atoms. The quantitative estimate of drug-likeness (QED) is 0.645. The van der Waals surface area contributed by atoms with E-state index in [2.05, 4.69) is 25.8 Å². The zero-order valence-corrected chi connectivity index (χ0v) is 12.2. The molecule has 0 aliphatic heterocycles. The van der Waals surface area contributed by atoms with Gasteiger partial charge in [0.2, 0.25) is 5.91 Å². The summed E-state index contributed by atoms with van der Waals surface area (Å²) in [6, 6.07) is 5.04. The summed E-state index contributed by atoms with van der Waals surface area (Å²) in [6.07, 6.45) is -0.739. The molecule has 2 atom stereocenters. The summed E-state index contributed by atoms with van der Waals surface area (Å²) in [5.41, 5.74) is 2.31. The number of halogens is 1. The lowest BCUT2D eigenvalue weighted by atomic mass is 9.97. The highest BCUT2D eigenvalue weighted by molar-refractivity contribution is 9.10. The summed E-state index contributed by atoms with van der Waals surface area (Å²) < 4.78 is 0.564. The van der Waals surface area contributed by atoms with Gasteiger partial charge in [-0.2, -0.15) is 5.48 Å². The summed E-state index contributed by atoms with van der Waals surface area (Å²) >= 11 is 3.19. The standard InChI is InChI=1S/C12H15BrN2O4/c1-3-8(12(18)19-15-7(2)16)11(17)9-5-4-6-10(13)14-9/h4-6,8,11,17H,3H2,1-2H3,(H,15,16). The van der Waals surface area contributed by atoms with E-state index in [-0.39, 0.29) is 0 Å². The van der Waals surface area contributed by atoms with Crippen molar-refractivity contribution in [2.45, 2.75) is 26.4 Å². The Morgan fingerprint density at radius 1 is 1.53 bits per heavy atom. The predicted octanol–water partition coefficient (Wildman–Crippen LogP) is 1.50. The first-order chi connectivity index (χ1) is 8.95. The number of pyridine rings is 1. The third-order valence-electron chi connectivity index (χ3n) is 2.46. The number of hydroxylamine groups is 1. The molecule has 1 aromatic rings. The first-order valence-corrected chi connectivity index (χ1v) is 6.52. The number of aliphatic hydroxyl groups excluding tert-OH is 1. The van der Waals surface area contributed by atoms with Gasteiger partial charge in [0.05, 0.1) is 11.6 Å². The molecule has 104 valence electrons. The number of hydrogen-bond donors (Lipinski definition) is 2. The van der Waals surface area contributed by atoms with Crippen molar-refractivity contribution in [1.29, 1.82) is 0 Å². The maximum atomic E-state index is 11.7. The topological polar surface area (TPSA) is 88.5 Å². The van der Waals surface area contributed by atoms with Crippen LogP contribution in [-0.4, -0.2) is 22.0 Å². The average Bonchev–Trinajstić information content (AvgIpc) is 2.37. The Bertz CT molecular complexity index is 467. The van der Waals surface area contributed by atoms with Crippen molar-refractivity contribution in [2.75, 3.05) is 0 Å². The van der Waals surface area contributed by atoms with Gasteiger partial charge in [-0.25, -0.2) is 9.78 Å². The van der Waals surface area contributed by atoms with E-state index in [1.165, 1.54) is 6.92 Å². The number of nitrogens with one attached hydrogen (secondary N) is 1. The average molecular weight is 331 g/mol. The minimum Gasteiger partial charge on any atom is -0.386 e. The van der Waals surface area contributed by atoms with E-state index in [0.717, 1.165) is 0 Å². The molecule has 1 aromatic heterocycles. The summed E-state index contributed by atoms with van der Waals surface area (Å²) in [5.74, 6) is -1.99. The lowest BCUT2D eigenvalue weighted by Crippen LogP contribution is -2.31. The van der Waals surface area contributed by atoms with Crippen LogP contribution in [0.1, 0.15) is 32.1 Å². The fourth-order valence-electron chi connectivity index (χ4n) is 1.51. The van der Waals surface area contributed by atoms with Crippen LogP contribution in [-0.2, 0) is 14.4 Å². The van der Waals surface area contributed by atoms with Gasteiger partial charge in [0, 0.05) is 6.92 Å². The Hall–Kier alpha value is -1.47. The molecule has 0 aliphatic carbocycles. The molecule has 0 saturated heterocycles. The molecule has 0 spiro atoms. The van der Waals surface area contributed by atoms with Crippen molar-refractivity contribution in [3.8, 4) is 0 Å². The Labute approximate surface area is 119 Å². The second-order valence-electron chi connectivity index (χ2n) is 3.92. The largest absolute Gasteiger partial charge is 0.386 e. The molecule has 1 rings (SSSR count). The van der Waals surface area contributed by atoms with Crippen molar-refractivity contribution >= 4 is 27.8 Å². The van der Waals surface area contributed by atoms with Gasteiger partial charge in [0.1, 0.15) is 10.7 Å². The molecule has 0 saturated carbocycles. The Morgan fingerprint density at radius 2 is 2.21 bits per heavy atom. The first kappa shape index (κ1) is 15.6. The third-order valence-corrected chi connectivity index (χ3v) is 2.90. The monoisotopic (exact) mass is 330 g/mol. The maximum Gasteiger partial charge on any atom is 0.338 e. The SMILES string of the molecule is CCC(C(=O)ONC(C)=O)C(O)c1cccc(Br)n1. The van der Waals surface area contributed by atoms with E-state index in [1.807, 2.05) is 5.48 Å². The van der Waals surface area contributed by atoms with Gasteiger partial charge in [0.15, 0.2) is 0 Å². The van der Waals surface area contributed by atoms with Gasteiger partial charge in [-0.05, 0) is 34.5 Å². The molecular formula is C12H15BrN2O4. The molecule has 0 fully saturated rings. The number of carbonyl (C=O) groups excluding carboxylic acids is 2. The van der Waals surface area contributed by atoms with Crippen LogP contribution in [0.3, 0.4) is 0 Å². The van der Waals surface area contributed by atoms with Gasteiger partial charge in [-0.15, -0.1) is 0 Å². The summed E-state index contributed by atoms with van der Waals surface area (Å²) in [4.78, 5) is 31.1. The number of aromatic nitrogens is 1. The summed E-state index contributed by atoms with van der Waals surface area (Å²) in [5, 5.41) is 10.1. The highest BCUT2D eigenvalue weighted by Crippen LogP contribution is 2.25. The van der Waals surface area contributed by atoms with Gasteiger partial charge in [-0.1, -0.05) is 13.0 Å². The van der Waals surface area contributed by atoms with Crippen LogP contribution in [0.25, 0.3) is 0 Å². The van der Waals surface area contributed by atoms with Gasteiger partial charge >= 0.3 is 5.97 Å². The fourth-order valence-corrected chi connectivity index (χ4v) is 1.87. The smallest absolute Gasteiger partial charge is 0.338 e. The molecule has 1 amide bonds.